The number of hydrogen-bond acceptors (Lipinski definition) is 2. The molecule has 2 rings (SSSR count). The first-order valence-corrected chi connectivity index (χ1v) is 7.56. The number of allylic oxidation sites excluding steroid dienone is 5. The molecule has 0 saturated carbocycles. The molecule has 3 N–H and O–H groups in total. The third-order valence-corrected chi connectivity index (χ3v) is 4.18. The second kappa shape index (κ2) is 7.41. The molecule has 20 heavy (non-hydrogen) atoms. The Morgan fingerprint density at radius 1 is 1.15 bits per heavy atom. The van der Waals surface area contributed by atoms with Crippen LogP contribution in [-0.2, 0) is 0 Å². The van der Waals surface area contributed by atoms with Crippen LogP contribution in [0.3, 0.4) is 0 Å². The van der Waals surface area contributed by atoms with Gasteiger partial charge >= 0.3 is 0 Å². The Morgan fingerprint density at radius 2 is 1.90 bits per heavy atom. The second-order valence-corrected chi connectivity index (χ2v) is 5.56. The van der Waals surface area contributed by atoms with Crippen LogP contribution in [0.1, 0.15) is 19.3 Å². The van der Waals surface area contributed by atoms with E-state index in [2.05, 4.69) is 42.8 Å². The highest BCUT2D eigenvalue weighted by molar-refractivity contribution is 5.41. The average molecular weight is 270 g/mol. The highest BCUT2D eigenvalue weighted by atomic mass is 14.9. The lowest BCUT2D eigenvalue weighted by Crippen LogP contribution is -2.42. The van der Waals surface area contributed by atoms with E-state index in [0.717, 1.165) is 25.9 Å². The van der Waals surface area contributed by atoms with Crippen LogP contribution in [0.15, 0.2) is 60.8 Å². The molecular weight excluding hydrogens is 244 g/mol. The molecule has 1 heterocycles. The van der Waals surface area contributed by atoms with E-state index in [1.165, 1.54) is 17.6 Å². The largest absolute Gasteiger partial charge is 0.323 e. The van der Waals surface area contributed by atoms with Gasteiger partial charge in [0.1, 0.15) is 0 Å². The maximum Gasteiger partial charge on any atom is 0.0421 e. The molecule has 1 aliphatic heterocycles. The third kappa shape index (κ3) is 3.38. The fraction of sp³-hybridized carbons (Fsp3) is 0.444. The van der Waals surface area contributed by atoms with Crippen molar-refractivity contribution in [3.8, 4) is 0 Å². The predicted octanol–water partition coefficient (Wildman–Crippen LogP) is 3.11. The first-order chi connectivity index (χ1) is 9.77. The Kier molecular flexibility index (Phi) is 5.57. The Balaban J connectivity index is 2.37. The molecule has 1 fully saturated rings. The van der Waals surface area contributed by atoms with Crippen molar-refractivity contribution in [3.63, 3.8) is 0 Å². The lowest BCUT2D eigenvalue weighted by molar-refractivity contribution is 0.453. The molecule has 2 heteroatoms. The zero-order valence-corrected chi connectivity index (χ0v) is 12.2. The molecule has 0 aromatic carbocycles. The molecule has 1 saturated heterocycles. The van der Waals surface area contributed by atoms with E-state index in [1.807, 2.05) is 12.2 Å². The smallest absolute Gasteiger partial charge is 0.0421 e. The van der Waals surface area contributed by atoms with Crippen LogP contribution < -0.4 is 11.1 Å². The summed E-state index contributed by atoms with van der Waals surface area (Å²) in [7, 11) is 0. The van der Waals surface area contributed by atoms with Crippen molar-refractivity contribution in [3.05, 3.63) is 60.8 Å². The summed E-state index contributed by atoms with van der Waals surface area (Å²) in [4.78, 5) is 0. The van der Waals surface area contributed by atoms with Gasteiger partial charge in [-0.15, -0.1) is 6.58 Å². The zero-order chi connectivity index (χ0) is 14.4. The van der Waals surface area contributed by atoms with E-state index >= 15 is 0 Å². The van der Waals surface area contributed by atoms with Crippen molar-refractivity contribution in [2.45, 2.75) is 25.3 Å². The molecule has 3 atom stereocenters. The fourth-order valence-corrected chi connectivity index (χ4v) is 3.15. The first kappa shape index (κ1) is 15.0. The van der Waals surface area contributed by atoms with Crippen molar-refractivity contribution in [1.29, 1.82) is 0 Å². The third-order valence-electron chi connectivity index (χ3n) is 4.18. The predicted molar refractivity (Wildman–Crippen MR) is 87.4 cm³/mol. The standard InChI is InChI=1S/C18H26N2/c1-3-5-9-14-12-20-13-18(19)17-11-8-6-7-10-16(17)15(14)4-2/h3-5,9-11,14-15,18,20H,1-2,6-8,12-13,19H2/b9-5-. The minimum Gasteiger partial charge on any atom is -0.323 e. The maximum absolute atomic E-state index is 6.35. The van der Waals surface area contributed by atoms with Gasteiger partial charge in [0.25, 0.3) is 0 Å². The number of hydrogen-bond donors (Lipinski definition) is 2. The van der Waals surface area contributed by atoms with Crippen LogP contribution in [0.4, 0.5) is 0 Å². The zero-order valence-electron chi connectivity index (χ0n) is 12.2. The molecule has 3 unspecified atom stereocenters. The van der Waals surface area contributed by atoms with E-state index in [1.54, 1.807) is 0 Å². The van der Waals surface area contributed by atoms with Crippen molar-refractivity contribution < 1.29 is 0 Å². The number of rotatable bonds is 3. The highest BCUT2D eigenvalue weighted by Gasteiger charge is 2.28. The van der Waals surface area contributed by atoms with Crippen molar-refractivity contribution >= 4 is 0 Å². The summed E-state index contributed by atoms with van der Waals surface area (Å²) in [5.41, 5.74) is 9.06. The summed E-state index contributed by atoms with van der Waals surface area (Å²) in [6.07, 6.45) is 16.4. The summed E-state index contributed by atoms with van der Waals surface area (Å²) in [5, 5.41) is 3.49. The number of nitrogens with one attached hydrogen (secondary N) is 1. The van der Waals surface area contributed by atoms with Gasteiger partial charge in [0.15, 0.2) is 0 Å². The van der Waals surface area contributed by atoms with Crippen LogP contribution in [0.2, 0.25) is 0 Å². The molecule has 0 aromatic heterocycles. The van der Waals surface area contributed by atoms with Crippen LogP contribution in [0.5, 0.6) is 0 Å². The van der Waals surface area contributed by atoms with Crippen LogP contribution in [-0.4, -0.2) is 19.1 Å². The molecule has 0 amide bonds. The summed E-state index contributed by atoms with van der Waals surface area (Å²) >= 11 is 0. The van der Waals surface area contributed by atoms with E-state index in [-0.39, 0.29) is 6.04 Å². The summed E-state index contributed by atoms with van der Waals surface area (Å²) in [6.45, 7) is 9.60. The molecule has 0 aromatic rings. The Morgan fingerprint density at radius 3 is 2.60 bits per heavy atom. The first-order valence-electron chi connectivity index (χ1n) is 7.56. The highest BCUT2D eigenvalue weighted by Crippen LogP contribution is 2.33. The van der Waals surface area contributed by atoms with Crippen molar-refractivity contribution in [2.24, 2.45) is 17.6 Å². The monoisotopic (exact) mass is 270 g/mol. The fourth-order valence-electron chi connectivity index (χ4n) is 3.15. The number of fused-ring (bicyclic) bond motifs is 1. The topological polar surface area (TPSA) is 38.0 Å². The average Bonchev–Trinajstić information content (AvgIpc) is 2.69. The minimum absolute atomic E-state index is 0.0890. The summed E-state index contributed by atoms with van der Waals surface area (Å²) in [5.74, 6) is 0.736. The molecule has 2 nitrogen and oxygen atoms in total. The van der Waals surface area contributed by atoms with Crippen LogP contribution in [0.25, 0.3) is 0 Å². The normalized spacial score (nSPS) is 31.4. The Labute approximate surface area is 122 Å². The lowest BCUT2D eigenvalue weighted by atomic mass is 9.78. The Bertz CT molecular complexity index is 442. The molecule has 108 valence electrons. The van der Waals surface area contributed by atoms with Gasteiger partial charge in [-0.3, -0.25) is 0 Å². The van der Waals surface area contributed by atoms with Crippen LogP contribution >= 0.6 is 0 Å². The van der Waals surface area contributed by atoms with Gasteiger partial charge < -0.3 is 11.1 Å². The van der Waals surface area contributed by atoms with Gasteiger partial charge in [-0.1, -0.05) is 43.0 Å². The van der Waals surface area contributed by atoms with E-state index in [0.29, 0.717) is 11.8 Å². The molecular formula is C18H26N2. The van der Waals surface area contributed by atoms with Gasteiger partial charge in [0.05, 0.1) is 0 Å². The number of nitrogens with two attached hydrogens (primary N) is 1. The van der Waals surface area contributed by atoms with Crippen LogP contribution in [0, 0.1) is 11.8 Å². The minimum atomic E-state index is 0.0890. The Hall–Kier alpha value is -1.38. The summed E-state index contributed by atoms with van der Waals surface area (Å²) < 4.78 is 0. The van der Waals surface area contributed by atoms with Gasteiger partial charge in [-0.05, 0) is 36.3 Å². The van der Waals surface area contributed by atoms with Gasteiger partial charge in [-0.2, -0.15) is 0 Å². The van der Waals surface area contributed by atoms with Gasteiger partial charge in [0.2, 0.25) is 0 Å². The van der Waals surface area contributed by atoms with E-state index in [4.69, 9.17) is 5.73 Å². The maximum atomic E-state index is 6.35. The lowest BCUT2D eigenvalue weighted by Gasteiger charge is -2.32. The quantitative estimate of drug-likeness (QED) is 0.611. The SMILES string of the molecule is C=C/C=C\C1CNCC(N)C2=CCCCC=C2C1C=C. The van der Waals surface area contributed by atoms with Gasteiger partial charge in [0, 0.05) is 25.0 Å². The molecule has 0 radical (unpaired) electrons. The van der Waals surface area contributed by atoms with Crippen molar-refractivity contribution in [2.75, 3.05) is 13.1 Å². The molecule has 0 spiro atoms. The molecule has 0 bridgehead atoms. The van der Waals surface area contributed by atoms with Crippen molar-refractivity contribution in [1.82, 2.24) is 5.32 Å². The van der Waals surface area contributed by atoms with E-state index in [9.17, 15) is 0 Å². The van der Waals surface area contributed by atoms with Gasteiger partial charge in [-0.25, -0.2) is 0 Å². The van der Waals surface area contributed by atoms with E-state index < -0.39 is 0 Å². The molecule has 2 aliphatic rings. The second-order valence-electron chi connectivity index (χ2n) is 5.56. The summed E-state index contributed by atoms with van der Waals surface area (Å²) in [6, 6.07) is 0.0890. The molecule has 1 aliphatic carbocycles.